The van der Waals surface area contributed by atoms with Crippen LogP contribution in [0.25, 0.3) is 11.0 Å². The van der Waals surface area contributed by atoms with E-state index in [1.165, 1.54) is 31.2 Å². The first-order valence-electron chi connectivity index (χ1n) is 10.9. The number of aromatic nitrogens is 2. The van der Waals surface area contributed by atoms with Crippen molar-refractivity contribution in [3.05, 3.63) is 58.6 Å². The van der Waals surface area contributed by atoms with Crippen molar-refractivity contribution in [3.63, 3.8) is 0 Å². The van der Waals surface area contributed by atoms with Gasteiger partial charge in [-0.25, -0.2) is 9.37 Å². The predicted molar refractivity (Wildman–Crippen MR) is 118 cm³/mol. The molecule has 0 amide bonds. The zero-order valence-corrected chi connectivity index (χ0v) is 17.9. The number of halogens is 2. The molecule has 6 heteroatoms. The van der Waals surface area contributed by atoms with E-state index >= 15 is 0 Å². The van der Waals surface area contributed by atoms with E-state index in [1.54, 1.807) is 12.1 Å². The van der Waals surface area contributed by atoms with Crippen LogP contribution in [0.2, 0.25) is 5.02 Å². The van der Waals surface area contributed by atoms with Crippen molar-refractivity contribution in [2.75, 3.05) is 19.7 Å². The fourth-order valence-corrected chi connectivity index (χ4v) is 5.05. The zero-order valence-electron chi connectivity index (χ0n) is 17.1. The Balaban J connectivity index is 1.15. The van der Waals surface area contributed by atoms with Gasteiger partial charge in [-0.05, 0) is 68.5 Å². The van der Waals surface area contributed by atoms with Gasteiger partial charge in [0.05, 0.1) is 18.6 Å². The fourth-order valence-electron chi connectivity index (χ4n) is 4.84. The highest BCUT2D eigenvalue weighted by Gasteiger charge is 2.24. The summed E-state index contributed by atoms with van der Waals surface area (Å²) in [6, 6.07) is 10.8. The largest absolute Gasteiger partial charge is 0.489 e. The summed E-state index contributed by atoms with van der Waals surface area (Å²) in [6.07, 6.45) is 5.95. The molecule has 0 aliphatic carbocycles. The first-order valence-corrected chi connectivity index (χ1v) is 11.3. The summed E-state index contributed by atoms with van der Waals surface area (Å²) in [5.74, 6) is 2.60. The van der Waals surface area contributed by atoms with Gasteiger partial charge in [-0.15, -0.1) is 0 Å². The third-order valence-electron chi connectivity index (χ3n) is 6.49. The molecular weight excluding hydrogens is 401 g/mol. The van der Waals surface area contributed by atoms with Crippen molar-refractivity contribution in [2.45, 2.75) is 45.2 Å². The van der Waals surface area contributed by atoms with E-state index in [4.69, 9.17) is 21.3 Å². The smallest absolute Gasteiger partial charge is 0.146 e. The Hall–Kier alpha value is -2.11. The molecule has 1 saturated heterocycles. The molecule has 2 aromatic carbocycles. The molecule has 158 valence electrons. The second-order valence-corrected chi connectivity index (χ2v) is 8.97. The summed E-state index contributed by atoms with van der Waals surface area (Å²) in [5, 5.41) is 0.678. The lowest BCUT2D eigenvalue weighted by Crippen LogP contribution is -2.34. The van der Waals surface area contributed by atoms with Crippen LogP contribution in [-0.2, 0) is 19.5 Å². The first-order chi connectivity index (χ1) is 14.7. The molecule has 3 heterocycles. The molecule has 30 heavy (non-hydrogen) atoms. The number of aryl methyl sites for hydroxylation is 1. The number of nitrogens with zero attached hydrogens (tertiary/aromatic N) is 3. The van der Waals surface area contributed by atoms with Gasteiger partial charge in [0.2, 0.25) is 0 Å². The molecule has 0 bridgehead atoms. The molecule has 0 atom stereocenters. The van der Waals surface area contributed by atoms with Crippen LogP contribution in [0.1, 0.15) is 37.1 Å². The van der Waals surface area contributed by atoms with E-state index in [0.29, 0.717) is 11.6 Å². The Labute approximate surface area is 181 Å². The number of ether oxygens (including phenoxy) is 1. The summed E-state index contributed by atoms with van der Waals surface area (Å²) in [6.45, 7) is 4.64. The number of piperidine rings is 1. The van der Waals surface area contributed by atoms with Crippen molar-refractivity contribution in [3.8, 4) is 5.75 Å². The Morgan fingerprint density at radius 1 is 1.10 bits per heavy atom. The Morgan fingerprint density at radius 2 is 1.90 bits per heavy atom. The van der Waals surface area contributed by atoms with Gasteiger partial charge in [-0.3, -0.25) is 4.90 Å². The van der Waals surface area contributed by atoms with Crippen LogP contribution in [0.15, 0.2) is 36.4 Å². The van der Waals surface area contributed by atoms with E-state index in [-0.39, 0.29) is 5.82 Å². The molecule has 0 N–H and O–H groups in total. The van der Waals surface area contributed by atoms with Gasteiger partial charge in [0.1, 0.15) is 29.5 Å². The van der Waals surface area contributed by atoms with E-state index in [1.807, 2.05) is 24.3 Å². The van der Waals surface area contributed by atoms with Gasteiger partial charge in [0.25, 0.3) is 0 Å². The normalized spacial score (nSPS) is 17.4. The lowest BCUT2D eigenvalue weighted by molar-refractivity contribution is 0.165. The average molecular weight is 428 g/mol. The van der Waals surface area contributed by atoms with Crippen molar-refractivity contribution in [1.82, 2.24) is 14.5 Å². The van der Waals surface area contributed by atoms with Gasteiger partial charge < -0.3 is 9.30 Å². The molecule has 1 fully saturated rings. The Morgan fingerprint density at radius 3 is 2.70 bits per heavy atom. The fraction of sp³-hybridized carbons (Fsp3) is 0.458. The van der Waals surface area contributed by atoms with Crippen LogP contribution < -0.4 is 4.74 Å². The standard InChI is InChI=1S/C24H27ClFN3O/c25-19-14-21-24-22(15-19)30-13-12-29(24)23(27-21)16-28-10-8-18(9-11-28)3-1-2-17-4-6-20(26)7-5-17/h4-7,14-15,18H,1-3,8-13,16H2. The van der Waals surface area contributed by atoms with Crippen LogP contribution in [0.5, 0.6) is 5.75 Å². The second-order valence-electron chi connectivity index (χ2n) is 8.54. The lowest BCUT2D eigenvalue weighted by Gasteiger charge is -2.32. The number of benzene rings is 2. The van der Waals surface area contributed by atoms with Crippen LogP contribution in [-0.4, -0.2) is 34.1 Å². The van der Waals surface area contributed by atoms with Gasteiger partial charge in [-0.1, -0.05) is 30.2 Å². The highest BCUT2D eigenvalue weighted by Crippen LogP contribution is 2.34. The summed E-state index contributed by atoms with van der Waals surface area (Å²) in [4.78, 5) is 7.40. The molecule has 1 aromatic heterocycles. The maximum Gasteiger partial charge on any atom is 0.146 e. The Kier molecular flexibility index (Phi) is 5.66. The molecule has 2 aliphatic heterocycles. The van der Waals surface area contributed by atoms with E-state index in [2.05, 4.69) is 9.47 Å². The summed E-state index contributed by atoms with van der Waals surface area (Å²) in [7, 11) is 0. The SMILES string of the molecule is Fc1ccc(CCCC2CCN(Cc3nc4cc(Cl)cc5c4n3CCO5)CC2)cc1. The lowest BCUT2D eigenvalue weighted by atomic mass is 9.91. The number of likely N-dealkylation sites (tertiary alicyclic amines) is 1. The van der Waals surface area contributed by atoms with Crippen molar-refractivity contribution in [2.24, 2.45) is 5.92 Å². The van der Waals surface area contributed by atoms with Gasteiger partial charge in [-0.2, -0.15) is 0 Å². The van der Waals surface area contributed by atoms with Crippen molar-refractivity contribution >= 4 is 22.6 Å². The second kappa shape index (κ2) is 8.56. The number of hydrogen-bond acceptors (Lipinski definition) is 3. The minimum absolute atomic E-state index is 0.155. The molecule has 0 spiro atoms. The monoisotopic (exact) mass is 427 g/mol. The molecule has 2 aliphatic rings. The number of hydrogen-bond donors (Lipinski definition) is 0. The third-order valence-corrected chi connectivity index (χ3v) is 6.70. The third kappa shape index (κ3) is 4.19. The summed E-state index contributed by atoms with van der Waals surface area (Å²) >= 11 is 6.23. The number of imidazole rings is 1. The molecular formula is C24H27ClFN3O. The minimum atomic E-state index is -0.155. The van der Waals surface area contributed by atoms with Crippen LogP contribution in [0, 0.1) is 11.7 Å². The maximum atomic E-state index is 13.0. The molecule has 0 radical (unpaired) electrons. The first kappa shape index (κ1) is 19.8. The highest BCUT2D eigenvalue weighted by atomic mass is 35.5. The highest BCUT2D eigenvalue weighted by molar-refractivity contribution is 6.31. The number of rotatable bonds is 6. The van der Waals surface area contributed by atoms with E-state index in [9.17, 15) is 4.39 Å². The molecule has 0 unspecified atom stereocenters. The van der Waals surface area contributed by atoms with Gasteiger partial charge >= 0.3 is 0 Å². The predicted octanol–water partition coefficient (Wildman–Crippen LogP) is 5.46. The topological polar surface area (TPSA) is 30.3 Å². The molecule has 5 rings (SSSR count). The van der Waals surface area contributed by atoms with Crippen molar-refractivity contribution < 1.29 is 9.13 Å². The van der Waals surface area contributed by atoms with Gasteiger partial charge in [0.15, 0.2) is 0 Å². The van der Waals surface area contributed by atoms with Crippen molar-refractivity contribution in [1.29, 1.82) is 0 Å². The molecule has 3 aromatic rings. The van der Waals surface area contributed by atoms with Crippen LogP contribution in [0.3, 0.4) is 0 Å². The van der Waals surface area contributed by atoms with E-state index in [0.717, 1.165) is 61.1 Å². The maximum absolute atomic E-state index is 13.0. The zero-order chi connectivity index (χ0) is 20.5. The average Bonchev–Trinajstić information content (AvgIpc) is 3.09. The molecule has 4 nitrogen and oxygen atoms in total. The van der Waals surface area contributed by atoms with Crippen LogP contribution >= 0.6 is 11.6 Å². The summed E-state index contributed by atoms with van der Waals surface area (Å²) < 4.78 is 21.1. The quantitative estimate of drug-likeness (QED) is 0.523. The van der Waals surface area contributed by atoms with E-state index < -0.39 is 0 Å². The molecule has 0 saturated carbocycles. The minimum Gasteiger partial charge on any atom is -0.489 e. The summed E-state index contributed by atoms with van der Waals surface area (Å²) in [5.41, 5.74) is 3.25. The van der Waals surface area contributed by atoms with Crippen LogP contribution in [0.4, 0.5) is 4.39 Å². The Bertz CT molecular complexity index is 1030. The van der Waals surface area contributed by atoms with Gasteiger partial charge in [0, 0.05) is 11.1 Å².